The van der Waals surface area contributed by atoms with Crippen molar-refractivity contribution in [3.8, 4) is 0 Å². The van der Waals surface area contributed by atoms with Crippen molar-refractivity contribution in [2.45, 2.75) is 295 Å². The third-order valence-electron chi connectivity index (χ3n) is 12.7. The van der Waals surface area contributed by atoms with Crippen LogP contribution in [0, 0.1) is 0 Å². The summed E-state index contributed by atoms with van der Waals surface area (Å²) in [7, 11) is -5.06. The number of aliphatic hydroxyl groups excluding tert-OH is 3. The molecular weight excluding hydrogens is 837 g/mol. The molecule has 1 rings (SSSR count). The Kier molecular flexibility index (Phi) is 41.4. The highest BCUT2D eigenvalue weighted by Crippen LogP contribution is 2.26. The number of aliphatic hydroxyl groups is 3. The summed E-state index contributed by atoms with van der Waals surface area (Å²) < 4.78 is 59.2. The molecule has 0 aromatic heterocycles. The summed E-state index contributed by atoms with van der Waals surface area (Å²) in [4.78, 5) is 12.9. The summed E-state index contributed by atoms with van der Waals surface area (Å²) in [6.45, 7) is 4.05. The molecule has 0 aromatic carbocycles. The zero-order chi connectivity index (χ0) is 46.8. The maximum atomic E-state index is 12.9. The SMILES string of the molecule is CCCCCCCCCCCCCCCCCCCCCCCCCCCOCC(COC1OC(CO)C(O)C(OS(=O)(=O)O)C1O)OC(=O)CCCCCCCCCCCCCC. The monoisotopic (exact) mass is 937 g/mol. The van der Waals surface area contributed by atoms with E-state index in [4.69, 9.17) is 18.9 Å². The van der Waals surface area contributed by atoms with Crippen LogP contribution in [0.25, 0.3) is 0 Å². The molecule has 0 radical (unpaired) electrons. The number of carbonyl (C=O) groups is 1. The van der Waals surface area contributed by atoms with E-state index in [0.29, 0.717) is 13.0 Å². The van der Waals surface area contributed by atoms with Crippen LogP contribution in [-0.2, 0) is 38.3 Å². The second-order valence-electron chi connectivity index (χ2n) is 18.8. The van der Waals surface area contributed by atoms with Crippen LogP contribution < -0.4 is 0 Å². The number of carbonyl (C=O) groups excluding carboxylic acids is 1. The molecule has 4 N–H and O–H groups in total. The second-order valence-corrected chi connectivity index (χ2v) is 19.9. The van der Waals surface area contributed by atoms with E-state index in [1.807, 2.05) is 0 Å². The van der Waals surface area contributed by atoms with E-state index in [9.17, 15) is 33.1 Å². The van der Waals surface area contributed by atoms with Gasteiger partial charge in [-0.2, -0.15) is 8.42 Å². The van der Waals surface area contributed by atoms with E-state index < -0.39 is 59.8 Å². The second kappa shape index (κ2) is 43.4. The van der Waals surface area contributed by atoms with E-state index in [2.05, 4.69) is 18.0 Å². The molecule has 1 aliphatic heterocycles. The first kappa shape index (κ1) is 61.1. The zero-order valence-corrected chi connectivity index (χ0v) is 41.9. The highest BCUT2D eigenvalue weighted by Gasteiger charge is 2.48. The molecule has 6 unspecified atom stereocenters. The van der Waals surface area contributed by atoms with Gasteiger partial charge >= 0.3 is 16.4 Å². The first-order valence-corrected chi connectivity index (χ1v) is 28.2. The van der Waals surface area contributed by atoms with Gasteiger partial charge in [0.2, 0.25) is 0 Å². The smallest absolute Gasteiger partial charge is 0.397 e. The van der Waals surface area contributed by atoms with Gasteiger partial charge in [-0.15, -0.1) is 0 Å². The quantitative estimate of drug-likeness (QED) is 0.0258. The highest BCUT2D eigenvalue weighted by atomic mass is 32.3. The van der Waals surface area contributed by atoms with Gasteiger partial charge < -0.3 is 34.3 Å². The first-order valence-electron chi connectivity index (χ1n) is 26.8. The molecule has 0 spiro atoms. The lowest BCUT2D eigenvalue weighted by atomic mass is 9.99. The molecule has 1 heterocycles. The Hall–Kier alpha value is -0.900. The van der Waals surface area contributed by atoms with E-state index in [-0.39, 0.29) is 19.6 Å². The van der Waals surface area contributed by atoms with Crippen molar-refractivity contribution in [1.82, 2.24) is 0 Å². The van der Waals surface area contributed by atoms with Crippen LogP contribution in [0.1, 0.15) is 258 Å². The Labute approximate surface area is 392 Å². The van der Waals surface area contributed by atoms with Gasteiger partial charge in [-0.05, 0) is 12.8 Å². The normalized spacial score (nSPS) is 19.6. The van der Waals surface area contributed by atoms with E-state index >= 15 is 0 Å². The van der Waals surface area contributed by atoms with Gasteiger partial charge in [-0.1, -0.05) is 239 Å². The van der Waals surface area contributed by atoms with Gasteiger partial charge in [0.1, 0.15) is 30.5 Å². The van der Waals surface area contributed by atoms with Crippen molar-refractivity contribution in [3.05, 3.63) is 0 Å². The van der Waals surface area contributed by atoms with E-state index in [0.717, 1.165) is 38.5 Å². The number of esters is 1. The lowest BCUT2D eigenvalue weighted by molar-refractivity contribution is -0.301. The minimum Gasteiger partial charge on any atom is -0.457 e. The molecule has 0 saturated carbocycles. The lowest BCUT2D eigenvalue weighted by Crippen LogP contribution is -2.60. The van der Waals surface area contributed by atoms with Crippen LogP contribution >= 0.6 is 0 Å². The van der Waals surface area contributed by atoms with Crippen LogP contribution in [0.15, 0.2) is 0 Å². The van der Waals surface area contributed by atoms with Gasteiger partial charge in [0.25, 0.3) is 0 Å². The molecule has 1 aliphatic rings. The minimum atomic E-state index is -5.06. The van der Waals surface area contributed by atoms with Gasteiger partial charge in [0.15, 0.2) is 6.29 Å². The average molecular weight is 937 g/mol. The Balaban J connectivity index is 2.25. The Morgan fingerprint density at radius 2 is 0.891 bits per heavy atom. The standard InChI is InChI=1S/C51H100O12S/c1-3-5-7-9-11-13-15-17-18-19-20-21-22-23-24-25-26-27-28-29-31-33-35-37-39-41-59-43-45(61-47(53)40-38-36-34-32-30-16-14-12-10-8-6-4-2)44-60-51-49(55)50(63-64(56,57)58)48(54)46(42-52)62-51/h45-46,48-52,54-55H,3-44H2,1-2H3,(H,56,57,58). The van der Waals surface area contributed by atoms with Crippen molar-refractivity contribution in [3.63, 3.8) is 0 Å². The Morgan fingerprint density at radius 3 is 1.25 bits per heavy atom. The van der Waals surface area contributed by atoms with Crippen LogP contribution in [0.4, 0.5) is 0 Å². The molecule has 0 aliphatic carbocycles. The van der Waals surface area contributed by atoms with Crippen LogP contribution in [-0.4, -0.2) is 97.5 Å². The number of hydrogen-bond donors (Lipinski definition) is 4. The Bertz CT molecular complexity index is 1130. The summed E-state index contributed by atoms with van der Waals surface area (Å²) in [5.41, 5.74) is 0. The van der Waals surface area contributed by atoms with Crippen molar-refractivity contribution in [2.24, 2.45) is 0 Å². The van der Waals surface area contributed by atoms with Gasteiger partial charge in [0.05, 0.1) is 19.8 Å². The summed E-state index contributed by atoms with van der Waals surface area (Å²) in [6, 6.07) is 0. The number of unbranched alkanes of at least 4 members (excludes halogenated alkanes) is 35. The molecule has 0 amide bonds. The molecule has 382 valence electrons. The predicted molar refractivity (Wildman–Crippen MR) is 258 cm³/mol. The zero-order valence-electron chi connectivity index (χ0n) is 41.1. The fraction of sp³-hybridized carbons (Fsp3) is 0.980. The van der Waals surface area contributed by atoms with Crippen LogP contribution in [0.2, 0.25) is 0 Å². The summed E-state index contributed by atoms with van der Waals surface area (Å²) >= 11 is 0. The van der Waals surface area contributed by atoms with Gasteiger partial charge in [-0.3, -0.25) is 9.35 Å². The molecule has 1 fully saturated rings. The predicted octanol–water partition coefficient (Wildman–Crippen LogP) is 12.4. The lowest BCUT2D eigenvalue weighted by Gasteiger charge is -2.41. The first-order chi connectivity index (χ1) is 31.1. The average Bonchev–Trinajstić information content (AvgIpc) is 3.27. The van der Waals surface area contributed by atoms with Crippen LogP contribution in [0.5, 0.6) is 0 Å². The minimum absolute atomic E-state index is 0.0450. The van der Waals surface area contributed by atoms with Crippen molar-refractivity contribution >= 4 is 16.4 Å². The van der Waals surface area contributed by atoms with Crippen molar-refractivity contribution in [2.75, 3.05) is 26.4 Å². The van der Waals surface area contributed by atoms with E-state index in [1.54, 1.807) is 0 Å². The highest BCUT2D eigenvalue weighted by molar-refractivity contribution is 7.80. The van der Waals surface area contributed by atoms with Crippen molar-refractivity contribution in [1.29, 1.82) is 0 Å². The molecule has 1 saturated heterocycles. The maximum Gasteiger partial charge on any atom is 0.397 e. The third kappa shape index (κ3) is 36.2. The number of ether oxygens (including phenoxy) is 4. The molecule has 13 heteroatoms. The van der Waals surface area contributed by atoms with Crippen LogP contribution in [0.3, 0.4) is 0 Å². The Morgan fingerprint density at radius 1 is 0.531 bits per heavy atom. The molecule has 6 atom stereocenters. The summed E-state index contributed by atoms with van der Waals surface area (Å²) in [5, 5.41) is 30.7. The molecule has 64 heavy (non-hydrogen) atoms. The fourth-order valence-electron chi connectivity index (χ4n) is 8.68. The maximum absolute atomic E-state index is 12.9. The van der Waals surface area contributed by atoms with Gasteiger partial charge in [-0.25, -0.2) is 4.18 Å². The fourth-order valence-corrected chi connectivity index (χ4v) is 9.18. The van der Waals surface area contributed by atoms with Gasteiger partial charge in [0, 0.05) is 13.0 Å². The summed E-state index contributed by atoms with van der Waals surface area (Å²) in [5.74, 6) is -0.393. The number of rotatable bonds is 48. The third-order valence-corrected chi connectivity index (χ3v) is 13.2. The molecule has 0 aromatic rings. The van der Waals surface area contributed by atoms with E-state index in [1.165, 1.54) is 193 Å². The molecule has 12 nitrogen and oxygen atoms in total. The largest absolute Gasteiger partial charge is 0.457 e. The molecule has 0 bridgehead atoms. The summed E-state index contributed by atoms with van der Waals surface area (Å²) in [6.07, 6.45) is 38.7. The number of hydrogen-bond acceptors (Lipinski definition) is 11. The topological polar surface area (TPSA) is 178 Å². The molecular formula is C51H100O12S. The van der Waals surface area contributed by atoms with Crippen molar-refractivity contribution < 1.29 is 56.2 Å².